The maximum atomic E-state index is 11.7. The zero-order valence-electron chi connectivity index (χ0n) is 13.1. The van der Waals surface area contributed by atoms with Gasteiger partial charge in [0.2, 0.25) is 5.90 Å². The van der Waals surface area contributed by atoms with Crippen LogP contribution < -0.4 is 9.75 Å². The van der Waals surface area contributed by atoms with Crippen LogP contribution in [0.3, 0.4) is 0 Å². The molecule has 1 aliphatic heterocycles. The Labute approximate surface area is 124 Å². The molecule has 1 aromatic rings. The van der Waals surface area contributed by atoms with E-state index in [4.69, 9.17) is 9.47 Å². The van der Waals surface area contributed by atoms with E-state index in [2.05, 4.69) is 5.10 Å². The molecule has 0 spiro atoms. The highest BCUT2D eigenvalue weighted by Crippen LogP contribution is 2.35. The number of methoxy groups -OCH3 is 1. The van der Waals surface area contributed by atoms with Crippen LogP contribution in [0.25, 0.3) is 0 Å². The Hall–Kier alpha value is -2.24. The molecule has 0 radical (unpaired) electrons. The third-order valence-corrected chi connectivity index (χ3v) is 3.25. The summed E-state index contributed by atoms with van der Waals surface area (Å²) < 4.78 is 10.7. The van der Waals surface area contributed by atoms with Gasteiger partial charge in [-0.05, 0) is 26.0 Å². The van der Waals surface area contributed by atoms with Gasteiger partial charge in [-0.2, -0.15) is 0 Å². The van der Waals surface area contributed by atoms with Crippen molar-refractivity contribution in [1.82, 2.24) is 4.90 Å². The highest BCUT2D eigenvalue weighted by atomic mass is 16.6. The first kappa shape index (κ1) is 15.2. The van der Waals surface area contributed by atoms with E-state index in [0.717, 1.165) is 11.4 Å². The van der Waals surface area contributed by atoms with E-state index in [0.29, 0.717) is 12.4 Å². The summed E-state index contributed by atoms with van der Waals surface area (Å²) in [6.45, 7) is 4.60. The first-order chi connectivity index (χ1) is 9.85. The molecule has 0 N–H and O–H groups in total. The predicted molar refractivity (Wildman–Crippen MR) is 81.7 cm³/mol. The molecule has 0 atom stereocenters. The van der Waals surface area contributed by atoms with E-state index in [9.17, 15) is 4.79 Å². The minimum atomic E-state index is -0.427. The number of nitrogens with zero attached hydrogens (tertiary/aromatic N) is 3. The Morgan fingerprint density at radius 2 is 2.00 bits per heavy atom. The SMILES string of the molecule is COc1ccccc1N1CC(C)(C)C(OC(=O)N(C)C)=N1. The van der Waals surface area contributed by atoms with Crippen LogP contribution in [-0.2, 0) is 4.74 Å². The topological polar surface area (TPSA) is 54.4 Å². The Morgan fingerprint density at radius 3 is 2.62 bits per heavy atom. The van der Waals surface area contributed by atoms with Gasteiger partial charge in [0.1, 0.15) is 11.4 Å². The van der Waals surface area contributed by atoms with Crippen LogP contribution in [0.4, 0.5) is 10.5 Å². The molecule has 1 aromatic carbocycles. The van der Waals surface area contributed by atoms with Crippen molar-refractivity contribution < 1.29 is 14.3 Å². The summed E-state index contributed by atoms with van der Waals surface area (Å²) in [6.07, 6.45) is -0.427. The van der Waals surface area contributed by atoms with E-state index in [-0.39, 0.29) is 5.41 Å². The normalized spacial score (nSPS) is 16.4. The highest BCUT2D eigenvalue weighted by Gasteiger charge is 2.38. The fourth-order valence-corrected chi connectivity index (χ4v) is 2.04. The molecule has 2 rings (SSSR count). The molecule has 0 fully saturated rings. The Morgan fingerprint density at radius 1 is 1.33 bits per heavy atom. The standard InChI is InChI=1S/C15H21N3O3/c1-15(2)10-18(11-8-6-7-9-12(11)20-5)16-13(15)21-14(19)17(3)4/h6-9H,10H2,1-5H3. The first-order valence-corrected chi connectivity index (χ1v) is 6.74. The van der Waals surface area contributed by atoms with E-state index in [1.165, 1.54) is 4.90 Å². The third kappa shape index (κ3) is 3.09. The molecule has 21 heavy (non-hydrogen) atoms. The average molecular weight is 291 g/mol. The summed E-state index contributed by atoms with van der Waals surface area (Å²) >= 11 is 0. The molecule has 0 saturated carbocycles. The molecule has 1 aliphatic rings. The molecule has 0 aromatic heterocycles. The summed E-state index contributed by atoms with van der Waals surface area (Å²) in [6, 6.07) is 7.63. The Kier molecular flexibility index (Phi) is 4.06. The lowest BCUT2D eigenvalue weighted by Crippen LogP contribution is -2.33. The van der Waals surface area contributed by atoms with Gasteiger partial charge in [-0.3, -0.25) is 5.01 Å². The van der Waals surface area contributed by atoms with E-state index in [1.807, 2.05) is 38.1 Å². The number of anilines is 1. The van der Waals surface area contributed by atoms with Crippen LogP contribution in [-0.4, -0.2) is 44.6 Å². The second-order valence-electron chi connectivity index (χ2n) is 5.78. The van der Waals surface area contributed by atoms with Gasteiger partial charge >= 0.3 is 6.09 Å². The van der Waals surface area contributed by atoms with Crippen LogP contribution in [0.15, 0.2) is 29.4 Å². The molecule has 6 nitrogen and oxygen atoms in total. The van der Waals surface area contributed by atoms with E-state index in [1.54, 1.807) is 26.2 Å². The average Bonchev–Trinajstić information content (AvgIpc) is 2.73. The number of hydrogen-bond donors (Lipinski definition) is 0. The van der Waals surface area contributed by atoms with Gasteiger partial charge < -0.3 is 14.4 Å². The fraction of sp³-hybridized carbons (Fsp3) is 0.467. The van der Waals surface area contributed by atoms with E-state index < -0.39 is 6.09 Å². The summed E-state index contributed by atoms with van der Waals surface area (Å²) in [5, 5.41) is 6.24. The zero-order chi connectivity index (χ0) is 15.6. The second kappa shape index (κ2) is 5.63. The molecule has 6 heteroatoms. The van der Waals surface area contributed by atoms with Gasteiger partial charge in [0.05, 0.1) is 19.1 Å². The molecule has 0 unspecified atom stereocenters. The van der Waals surface area contributed by atoms with Crippen LogP contribution in [0.1, 0.15) is 13.8 Å². The van der Waals surface area contributed by atoms with Crippen molar-refractivity contribution in [2.75, 3.05) is 32.8 Å². The maximum Gasteiger partial charge on any atom is 0.415 e. The van der Waals surface area contributed by atoms with Crippen molar-refractivity contribution in [2.45, 2.75) is 13.8 Å². The summed E-state index contributed by atoms with van der Waals surface area (Å²) in [5.41, 5.74) is 0.496. The van der Waals surface area contributed by atoms with Crippen molar-refractivity contribution in [2.24, 2.45) is 10.5 Å². The number of ether oxygens (including phenoxy) is 2. The van der Waals surface area contributed by atoms with E-state index >= 15 is 0 Å². The van der Waals surface area contributed by atoms with Gasteiger partial charge in [-0.1, -0.05) is 12.1 Å². The lowest BCUT2D eigenvalue weighted by molar-refractivity contribution is 0.163. The summed E-state index contributed by atoms with van der Waals surface area (Å²) in [4.78, 5) is 13.1. The van der Waals surface area contributed by atoms with Crippen molar-refractivity contribution >= 4 is 17.7 Å². The number of hydrogen-bond acceptors (Lipinski definition) is 5. The minimum absolute atomic E-state index is 0.355. The molecule has 114 valence electrons. The van der Waals surface area contributed by atoms with Crippen molar-refractivity contribution in [3.8, 4) is 5.75 Å². The van der Waals surface area contributed by atoms with Crippen LogP contribution in [0.2, 0.25) is 0 Å². The second-order valence-corrected chi connectivity index (χ2v) is 5.78. The largest absolute Gasteiger partial charge is 0.495 e. The Balaban J connectivity index is 2.28. The summed E-state index contributed by atoms with van der Waals surface area (Å²) in [5.74, 6) is 1.14. The molecule has 0 saturated heterocycles. The molecular formula is C15H21N3O3. The van der Waals surface area contributed by atoms with Gasteiger partial charge in [-0.25, -0.2) is 4.79 Å². The number of rotatable bonds is 2. The lowest BCUT2D eigenvalue weighted by Gasteiger charge is -2.22. The minimum Gasteiger partial charge on any atom is -0.495 e. The number of carbonyl (C=O) groups is 1. The Bertz CT molecular complexity index is 567. The number of hydrazone groups is 1. The van der Waals surface area contributed by atoms with Crippen LogP contribution in [0, 0.1) is 5.41 Å². The van der Waals surface area contributed by atoms with Crippen molar-refractivity contribution in [3.63, 3.8) is 0 Å². The smallest absolute Gasteiger partial charge is 0.415 e. The number of carbonyl (C=O) groups excluding carboxylic acids is 1. The maximum absolute atomic E-state index is 11.7. The monoisotopic (exact) mass is 291 g/mol. The van der Waals surface area contributed by atoms with Gasteiger partial charge in [-0.15, -0.1) is 5.10 Å². The molecular weight excluding hydrogens is 270 g/mol. The highest BCUT2D eigenvalue weighted by molar-refractivity contribution is 5.94. The quantitative estimate of drug-likeness (QED) is 0.840. The molecule has 0 bridgehead atoms. The van der Waals surface area contributed by atoms with Crippen LogP contribution in [0.5, 0.6) is 5.75 Å². The molecule has 1 heterocycles. The first-order valence-electron chi connectivity index (χ1n) is 6.74. The third-order valence-electron chi connectivity index (χ3n) is 3.25. The number of benzene rings is 1. The summed E-state index contributed by atoms with van der Waals surface area (Å²) in [7, 11) is 4.91. The number of amides is 1. The zero-order valence-corrected chi connectivity index (χ0v) is 13.1. The fourth-order valence-electron chi connectivity index (χ4n) is 2.04. The molecule has 1 amide bonds. The van der Waals surface area contributed by atoms with Crippen LogP contribution >= 0.6 is 0 Å². The number of para-hydroxylation sites is 2. The lowest BCUT2D eigenvalue weighted by atomic mass is 9.94. The van der Waals surface area contributed by atoms with Gasteiger partial charge in [0.15, 0.2) is 0 Å². The van der Waals surface area contributed by atoms with Crippen molar-refractivity contribution in [1.29, 1.82) is 0 Å². The molecule has 0 aliphatic carbocycles. The van der Waals surface area contributed by atoms with Crippen molar-refractivity contribution in [3.05, 3.63) is 24.3 Å². The van der Waals surface area contributed by atoms with Gasteiger partial charge in [0, 0.05) is 14.1 Å². The van der Waals surface area contributed by atoms with Gasteiger partial charge in [0.25, 0.3) is 0 Å². The predicted octanol–water partition coefficient (Wildman–Crippen LogP) is 2.55.